The summed E-state index contributed by atoms with van der Waals surface area (Å²) in [5.74, 6) is -0.481. The number of hydrogen-bond donors (Lipinski definition) is 0. The number of esters is 1. The number of ether oxygens (including phenoxy) is 2. The van der Waals surface area contributed by atoms with Crippen molar-refractivity contribution in [3.63, 3.8) is 0 Å². The van der Waals surface area contributed by atoms with Crippen molar-refractivity contribution in [2.45, 2.75) is 13.0 Å². The van der Waals surface area contributed by atoms with Gasteiger partial charge < -0.3 is 9.47 Å². The second-order valence-electron chi connectivity index (χ2n) is 5.69. The van der Waals surface area contributed by atoms with Gasteiger partial charge in [0.1, 0.15) is 6.10 Å². The third-order valence-electron chi connectivity index (χ3n) is 3.97. The average molecular weight is 367 g/mol. The number of nitrogens with zero attached hydrogens (tertiary/aromatic N) is 3. The normalized spacial score (nSPS) is 11.6. The van der Waals surface area contributed by atoms with Crippen molar-refractivity contribution >= 4 is 11.7 Å². The molecule has 0 amide bonds. The molecule has 0 saturated carbocycles. The highest BCUT2D eigenvalue weighted by Crippen LogP contribution is 2.29. The molecule has 1 heterocycles. The summed E-state index contributed by atoms with van der Waals surface area (Å²) in [5, 5.41) is 15.4. The lowest BCUT2D eigenvalue weighted by molar-refractivity contribution is -0.386. The largest absolute Gasteiger partial charge is 0.493 e. The Bertz CT molecular complexity index is 968. The minimum absolute atomic E-state index is 0.00760. The Labute approximate surface area is 155 Å². The zero-order chi connectivity index (χ0) is 19.4. The second kappa shape index (κ2) is 7.69. The number of benzene rings is 2. The monoisotopic (exact) mass is 367 g/mol. The average Bonchev–Trinajstić information content (AvgIpc) is 3.13. The fraction of sp³-hybridized carbons (Fsp3) is 0.158. The van der Waals surface area contributed by atoms with Gasteiger partial charge in [0.2, 0.25) is 5.69 Å². The highest BCUT2D eigenvalue weighted by atomic mass is 16.6. The molecule has 0 aliphatic carbocycles. The fourth-order valence-electron chi connectivity index (χ4n) is 2.64. The smallest absolute Gasteiger partial charge is 0.363 e. The van der Waals surface area contributed by atoms with Gasteiger partial charge in [0.25, 0.3) is 5.69 Å². The number of hydrogen-bond acceptors (Lipinski definition) is 6. The maximum atomic E-state index is 12.6. The number of methoxy groups -OCH3 is 1. The van der Waals surface area contributed by atoms with Crippen molar-refractivity contribution in [1.29, 1.82) is 0 Å². The Morgan fingerprint density at radius 2 is 1.81 bits per heavy atom. The van der Waals surface area contributed by atoms with E-state index in [4.69, 9.17) is 9.47 Å². The number of carbonyl (C=O) groups is 1. The molecule has 0 N–H and O–H groups in total. The van der Waals surface area contributed by atoms with E-state index in [1.54, 1.807) is 31.3 Å². The molecule has 0 saturated heterocycles. The molecule has 2 aromatic carbocycles. The predicted octanol–water partition coefficient (Wildman–Crippen LogP) is 3.71. The molecule has 1 aromatic heterocycles. The van der Waals surface area contributed by atoms with Crippen molar-refractivity contribution in [2.75, 3.05) is 7.11 Å². The minimum Gasteiger partial charge on any atom is -0.493 e. The Morgan fingerprint density at radius 3 is 2.48 bits per heavy atom. The minimum atomic E-state index is -0.828. The highest BCUT2D eigenvalue weighted by Gasteiger charge is 2.25. The summed E-state index contributed by atoms with van der Waals surface area (Å²) >= 11 is 0. The van der Waals surface area contributed by atoms with Crippen LogP contribution in [0.5, 0.6) is 5.75 Å². The number of aromatic nitrogens is 2. The first-order valence-corrected chi connectivity index (χ1v) is 8.14. The van der Waals surface area contributed by atoms with Crippen LogP contribution in [0.2, 0.25) is 0 Å². The van der Waals surface area contributed by atoms with E-state index < -0.39 is 17.0 Å². The molecule has 0 spiro atoms. The van der Waals surface area contributed by atoms with E-state index in [0.717, 1.165) is 5.69 Å². The molecule has 3 aromatic rings. The van der Waals surface area contributed by atoms with E-state index in [1.165, 1.54) is 17.9 Å². The number of nitro groups is 1. The van der Waals surface area contributed by atoms with Crippen molar-refractivity contribution in [3.8, 4) is 11.4 Å². The van der Waals surface area contributed by atoms with Gasteiger partial charge in [-0.1, -0.05) is 30.3 Å². The Kier molecular flexibility index (Phi) is 5.16. The summed E-state index contributed by atoms with van der Waals surface area (Å²) in [7, 11) is 1.43. The van der Waals surface area contributed by atoms with E-state index in [1.807, 2.05) is 30.3 Å². The van der Waals surface area contributed by atoms with Gasteiger partial charge in [0.05, 0.1) is 29.5 Å². The Balaban J connectivity index is 1.86. The van der Waals surface area contributed by atoms with Gasteiger partial charge in [-0.25, -0.2) is 9.48 Å². The number of para-hydroxylation sites is 2. The first kappa shape index (κ1) is 18.1. The lowest BCUT2D eigenvalue weighted by atomic mass is 10.1. The van der Waals surface area contributed by atoms with Gasteiger partial charge in [0.15, 0.2) is 5.75 Å². The van der Waals surface area contributed by atoms with Crippen molar-refractivity contribution in [2.24, 2.45) is 0 Å². The van der Waals surface area contributed by atoms with Crippen LogP contribution in [0.3, 0.4) is 0 Å². The van der Waals surface area contributed by atoms with E-state index in [2.05, 4.69) is 5.10 Å². The van der Waals surface area contributed by atoms with Crippen LogP contribution in [-0.2, 0) is 4.74 Å². The summed E-state index contributed by atoms with van der Waals surface area (Å²) in [6, 6.07) is 15.3. The van der Waals surface area contributed by atoms with Crippen LogP contribution in [0.1, 0.15) is 29.1 Å². The van der Waals surface area contributed by atoms with Crippen molar-refractivity contribution in [1.82, 2.24) is 9.78 Å². The van der Waals surface area contributed by atoms with Gasteiger partial charge in [-0.15, -0.1) is 0 Å². The molecule has 0 aliphatic heterocycles. The lowest BCUT2D eigenvalue weighted by Crippen LogP contribution is -2.12. The summed E-state index contributed by atoms with van der Waals surface area (Å²) in [6.45, 7) is 1.57. The molecule has 0 radical (unpaired) electrons. The first-order chi connectivity index (χ1) is 13.0. The van der Waals surface area contributed by atoms with Crippen LogP contribution in [0.25, 0.3) is 5.69 Å². The van der Waals surface area contributed by atoms with Gasteiger partial charge in [-0.3, -0.25) is 10.1 Å². The maximum Gasteiger partial charge on any atom is 0.363 e. The van der Waals surface area contributed by atoms with Crippen molar-refractivity contribution in [3.05, 3.63) is 82.2 Å². The second-order valence-corrected chi connectivity index (χ2v) is 5.69. The maximum absolute atomic E-state index is 12.6. The SMILES string of the molecule is COc1cn(-c2ccccc2)nc1C(=O)OC(C)c1ccccc1[N+](=O)[O-]. The molecule has 27 heavy (non-hydrogen) atoms. The van der Waals surface area contributed by atoms with Crippen LogP contribution in [0.4, 0.5) is 5.69 Å². The molecule has 0 fully saturated rings. The zero-order valence-electron chi connectivity index (χ0n) is 14.7. The third-order valence-corrected chi connectivity index (χ3v) is 3.97. The van der Waals surface area contributed by atoms with Crippen LogP contribution in [0.15, 0.2) is 60.8 Å². The molecule has 1 unspecified atom stereocenters. The van der Waals surface area contributed by atoms with Crippen molar-refractivity contribution < 1.29 is 19.2 Å². The van der Waals surface area contributed by atoms with Crippen LogP contribution in [0, 0.1) is 10.1 Å². The molecule has 8 heteroatoms. The zero-order valence-corrected chi connectivity index (χ0v) is 14.7. The fourth-order valence-corrected chi connectivity index (χ4v) is 2.64. The summed E-state index contributed by atoms with van der Waals surface area (Å²) in [5.41, 5.74) is 0.935. The summed E-state index contributed by atoms with van der Waals surface area (Å²) in [6.07, 6.45) is 0.743. The Morgan fingerprint density at radius 1 is 1.15 bits per heavy atom. The molecule has 8 nitrogen and oxygen atoms in total. The quantitative estimate of drug-likeness (QED) is 0.374. The third kappa shape index (κ3) is 3.79. The topological polar surface area (TPSA) is 96.5 Å². The van der Waals surface area contributed by atoms with E-state index in [0.29, 0.717) is 5.56 Å². The standard InChI is InChI=1S/C19H17N3O5/c1-13(15-10-6-7-11-16(15)22(24)25)27-19(23)18-17(26-2)12-21(20-18)14-8-4-3-5-9-14/h3-13H,1-2H3. The molecular weight excluding hydrogens is 350 g/mol. The highest BCUT2D eigenvalue weighted by molar-refractivity contribution is 5.90. The van der Waals surface area contributed by atoms with E-state index in [-0.39, 0.29) is 17.1 Å². The van der Waals surface area contributed by atoms with Gasteiger partial charge in [0, 0.05) is 6.07 Å². The molecule has 138 valence electrons. The number of rotatable bonds is 6. The number of nitro benzene ring substituents is 1. The predicted molar refractivity (Wildman–Crippen MR) is 97.0 cm³/mol. The van der Waals surface area contributed by atoms with Crippen LogP contribution >= 0.6 is 0 Å². The molecular formula is C19H17N3O5. The molecule has 3 rings (SSSR count). The first-order valence-electron chi connectivity index (χ1n) is 8.14. The molecule has 0 aliphatic rings. The Hall–Kier alpha value is -3.68. The number of carbonyl (C=O) groups excluding carboxylic acids is 1. The van der Waals surface area contributed by atoms with E-state index >= 15 is 0 Å². The molecule has 1 atom stereocenters. The lowest BCUT2D eigenvalue weighted by Gasteiger charge is -2.13. The van der Waals surface area contributed by atoms with Gasteiger partial charge >= 0.3 is 5.97 Å². The van der Waals surface area contributed by atoms with Crippen LogP contribution < -0.4 is 4.74 Å². The van der Waals surface area contributed by atoms with E-state index in [9.17, 15) is 14.9 Å². The molecule has 0 bridgehead atoms. The summed E-state index contributed by atoms with van der Waals surface area (Å²) in [4.78, 5) is 23.2. The summed E-state index contributed by atoms with van der Waals surface area (Å²) < 4.78 is 12.1. The van der Waals surface area contributed by atoms with Gasteiger partial charge in [-0.05, 0) is 25.1 Å². The van der Waals surface area contributed by atoms with Gasteiger partial charge in [-0.2, -0.15) is 5.10 Å². The van der Waals surface area contributed by atoms with Crippen LogP contribution in [-0.4, -0.2) is 27.8 Å².